The Kier molecular flexibility index (Phi) is 7.60. The zero-order chi connectivity index (χ0) is 12.6. The van der Waals surface area contributed by atoms with Crippen LogP contribution in [0.2, 0.25) is 0 Å². The summed E-state index contributed by atoms with van der Waals surface area (Å²) >= 11 is 0. The lowest BCUT2D eigenvalue weighted by Crippen LogP contribution is -2.46. The second kappa shape index (κ2) is 8.13. The van der Waals surface area contributed by atoms with Crippen LogP contribution in [0.15, 0.2) is 0 Å². The molecular formula is C12H24N2O2. The standard InChI is InChI=1S/C12H24N2O2/c1-5-7-9(3)11(15)13-14-12(16)10(4)8-6-2/h9-10H,5-8H2,1-4H3,(H,13,15)(H,14,16)/t9-,10-/m1/s1. The lowest BCUT2D eigenvalue weighted by atomic mass is 10.1. The van der Waals surface area contributed by atoms with Crippen LogP contribution >= 0.6 is 0 Å². The van der Waals surface area contributed by atoms with Gasteiger partial charge in [0.2, 0.25) is 11.8 Å². The van der Waals surface area contributed by atoms with Gasteiger partial charge < -0.3 is 0 Å². The summed E-state index contributed by atoms with van der Waals surface area (Å²) in [6, 6.07) is 0. The maximum absolute atomic E-state index is 11.5. The Labute approximate surface area is 98.1 Å². The summed E-state index contributed by atoms with van der Waals surface area (Å²) in [6.07, 6.45) is 3.61. The SMILES string of the molecule is CCC[C@@H](C)C(=O)NNC(=O)[C@H](C)CCC. The fourth-order valence-corrected chi connectivity index (χ4v) is 1.50. The average molecular weight is 228 g/mol. The van der Waals surface area contributed by atoms with Gasteiger partial charge in [-0.2, -0.15) is 0 Å². The molecule has 4 heteroatoms. The highest BCUT2D eigenvalue weighted by Crippen LogP contribution is 2.05. The summed E-state index contributed by atoms with van der Waals surface area (Å²) in [5, 5.41) is 0. The van der Waals surface area contributed by atoms with Gasteiger partial charge in [0.25, 0.3) is 0 Å². The van der Waals surface area contributed by atoms with E-state index in [9.17, 15) is 9.59 Å². The van der Waals surface area contributed by atoms with Crippen LogP contribution < -0.4 is 10.9 Å². The summed E-state index contributed by atoms with van der Waals surface area (Å²) in [4.78, 5) is 23.0. The third-order valence-corrected chi connectivity index (χ3v) is 2.65. The minimum Gasteiger partial charge on any atom is -0.273 e. The van der Waals surface area contributed by atoms with Gasteiger partial charge in [0.1, 0.15) is 0 Å². The van der Waals surface area contributed by atoms with Crippen molar-refractivity contribution in [2.75, 3.05) is 0 Å². The molecule has 0 aromatic carbocycles. The molecule has 0 fully saturated rings. The maximum atomic E-state index is 11.5. The summed E-state index contributed by atoms with van der Waals surface area (Å²) in [5.74, 6) is -0.323. The molecule has 0 unspecified atom stereocenters. The van der Waals surface area contributed by atoms with Gasteiger partial charge in [0.15, 0.2) is 0 Å². The number of amides is 2. The fraction of sp³-hybridized carbons (Fsp3) is 0.833. The molecule has 2 amide bonds. The smallest absolute Gasteiger partial charge is 0.241 e. The van der Waals surface area contributed by atoms with Crippen molar-refractivity contribution in [3.05, 3.63) is 0 Å². The summed E-state index contributed by atoms with van der Waals surface area (Å²) in [6.45, 7) is 7.79. The predicted molar refractivity (Wildman–Crippen MR) is 64.4 cm³/mol. The van der Waals surface area contributed by atoms with Gasteiger partial charge in [-0.05, 0) is 12.8 Å². The Balaban J connectivity index is 3.87. The molecule has 4 nitrogen and oxygen atoms in total. The molecule has 16 heavy (non-hydrogen) atoms. The number of carbonyl (C=O) groups excluding carboxylic acids is 2. The van der Waals surface area contributed by atoms with Gasteiger partial charge in [-0.1, -0.05) is 40.5 Å². The molecule has 0 bridgehead atoms. The zero-order valence-corrected chi connectivity index (χ0v) is 10.8. The molecule has 94 valence electrons. The first-order valence-electron chi connectivity index (χ1n) is 6.12. The molecule has 0 aliphatic heterocycles. The topological polar surface area (TPSA) is 58.2 Å². The number of hydrogen-bond donors (Lipinski definition) is 2. The van der Waals surface area contributed by atoms with E-state index in [1.54, 1.807) is 0 Å². The average Bonchev–Trinajstić information content (AvgIpc) is 2.25. The fourth-order valence-electron chi connectivity index (χ4n) is 1.50. The van der Waals surface area contributed by atoms with Gasteiger partial charge in [-0.3, -0.25) is 20.4 Å². The monoisotopic (exact) mass is 228 g/mol. The second-order valence-electron chi connectivity index (χ2n) is 4.36. The normalized spacial score (nSPS) is 14.0. The summed E-state index contributed by atoms with van der Waals surface area (Å²) in [7, 11) is 0. The van der Waals surface area contributed by atoms with Crippen LogP contribution in [0.25, 0.3) is 0 Å². The molecule has 0 saturated carbocycles. The van der Waals surface area contributed by atoms with Gasteiger partial charge >= 0.3 is 0 Å². The van der Waals surface area contributed by atoms with Crippen LogP contribution in [0.1, 0.15) is 53.4 Å². The molecular weight excluding hydrogens is 204 g/mol. The van der Waals surface area contributed by atoms with Crippen LogP contribution in [0.5, 0.6) is 0 Å². The number of hydrogen-bond acceptors (Lipinski definition) is 2. The highest BCUT2D eigenvalue weighted by molar-refractivity contribution is 5.84. The minimum absolute atomic E-state index is 0.0493. The predicted octanol–water partition coefficient (Wildman–Crippen LogP) is 2.01. The van der Waals surface area contributed by atoms with E-state index in [4.69, 9.17) is 0 Å². The van der Waals surface area contributed by atoms with Crippen LogP contribution in [-0.2, 0) is 9.59 Å². The quantitative estimate of drug-likeness (QED) is 0.683. The van der Waals surface area contributed by atoms with Crippen molar-refractivity contribution >= 4 is 11.8 Å². The molecule has 0 aliphatic carbocycles. The molecule has 0 saturated heterocycles. The van der Waals surface area contributed by atoms with E-state index < -0.39 is 0 Å². The van der Waals surface area contributed by atoms with Crippen molar-refractivity contribution in [2.24, 2.45) is 11.8 Å². The molecule has 0 aliphatic rings. The highest BCUT2D eigenvalue weighted by atomic mass is 16.2. The van der Waals surface area contributed by atoms with Crippen molar-refractivity contribution < 1.29 is 9.59 Å². The Morgan fingerprint density at radius 1 is 0.875 bits per heavy atom. The van der Waals surface area contributed by atoms with Crippen LogP contribution in [0.3, 0.4) is 0 Å². The lowest BCUT2D eigenvalue weighted by molar-refractivity contribution is -0.132. The van der Waals surface area contributed by atoms with E-state index in [1.807, 2.05) is 27.7 Å². The first-order valence-corrected chi connectivity index (χ1v) is 6.12. The van der Waals surface area contributed by atoms with E-state index in [1.165, 1.54) is 0 Å². The largest absolute Gasteiger partial charge is 0.273 e. The Morgan fingerprint density at radius 2 is 1.19 bits per heavy atom. The molecule has 2 atom stereocenters. The van der Waals surface area contributed by atoms with Crippen molar-refractivity contribution in [3.8, 4) is 0 Å². The summed E-state index contributed by atoms with van der Waals surface area (Å²) in [5.41, 5.74) is 4.94. The number of rotatable bonds is 6. The molecule has 0 aromatic rings. The van der Waals surface area contributed by atoms with Crippen LogP contribution in [-0.4, -0.2) is 11.8 Å². The molecule has 0 heterocycles. The number of carbonyl (C=O) groups is 2. The lowest BCUT2D eigenvalue weighted by Gasteiger charge is -2.14. The Hall–Kier alpha value is -1.06. The van der Waals surface area contributed by atoms with Crippen molar-refractivity contribution in [1.82, 2.24) is 10.9 Å². The maximum Gasteiger partial charge on any atom is 0.241 e. The van der Waals surface area contributed by atoms with E-state index in [2.05, 4.69) is 10.9 Å². The molecule has 2 N–H and O–H groups in total. The first kappa shape index (κ1) is 14.9. The van der Waals surface area contributed by atoms with Gasteiger partial charge in [-0.25, -0.2) is 0 Å². The number of hydrazine groups is 1. The zero-order valence-electron chi connectivity index (χ0n) is 10.8. The van der Waals surface area contributed by atoms with E-state index >= 15 is 0 Å². The van der Waals surface area contributed by atoms with E-state index in [0.717, 1.165) is 25.7 Å². The van der Waals surface area contributed by atoms with E-state index in [-0.39, 0.29) is 23.7 Å². The van der Waals surface area contributed by atoms with E-state index in [0.29, 0.717) is 0 Å². The van der Waals surface area contributed by atoms with Gasteiger partial charge in [0, 0.05) is 11.8 Å². The van der Waals surface area contributed by atoms with Crippen LogP contribution in [0.4, 0.5) is 0 Å². The Morgan fingerprint density at radius 3 is 1.44 bits per heavy atom. The summed E-state index contributed by atoms with van der Waals surface area (Å²) < 4.78 is 0. The first-order chi connectivity index (χ1) is 7.52. The van der Waals surface area contributed by atoms with Gasteiger partial charge in [0.05, 0.1) is 0 Å². The molecule has 0 spiro atoms. The second-order valence-corrected chi connectivity index (χ2v) is 4.36. The third kappa shape index (κ3) is 5.73. The van der Waals surface area contributed by atoms with Crippen molar-refractivity contribution in [3.63, 3.8) is 0 Å². The van der Waals surface area contributed by atoms with Crippen LogP contribution in [0, 0.1) is 11.8 Å². The van der Waals surface area contributed by atoms with Gasteiger partial charge in [-0.15, -0.1) is 0 Å². The van der Waals surface area contributed by atoms with Crippen molar-refractivity contribution in [2.45, 2.75) is 53.4 Å². The molecule has 0 radical (unpaired) electrons. The number of nitrogens with one attached hydrogen (secondary N) is 2. The highest BCUT2D eigenvalue weighted by Gasteiger charge is 2.15. The Bertz CT molecular complexity index is 205. The molecule has 0 rings (SSSR count). The minimum atomic E-state index is -0.112. The van der Waals surface area contributed by atoms with Crippen molar-refractivity contribution in [1.29, 1.82) is 0 Å². The molecule has 0 aromatic heterocycles. The third-order valence-electron chi connectivity index (χ3n) is 2.65.